The van der Waals surface area contributed by atoms with Crippen molar-refractivity contribution in [2.45, 2.75) is 13.3 Å². The van der Waals surface area contributed by atoms with E-state index in [1.807, 2.05) is 6.92 Å². The summed E-state index contributed by atoms with van der Waals surface area (Å²) >= 11 is 11.7. The summed E-state index contributed by atoms with van der Waals surface area (Å²) in [6, 6.07) is 4.94. The zero-order valence-corrected chi connectivity index (χ0v) is 11.5. The van der Waals surface area contributed by atoms with Crippen molar-refractivity contribution in [2.24, 2.45) is 10.8 Å². The lowest BCUT2D eigenvalue weighted by atomic mass is 10.3. The van der Waals surface area contributed by atoms with E-state index in [1.54, 1.807) is 24.4 Å². The Bertz CT molecular complexity index is 420. The molecule has 0 saturated carbocycles. The summed E-state index contributed by atoms with van der Waals surface area (Å²) in [5, 5.41) is 13.6. The van der Waals surface area contributed by atoms with Crippen LogP contribution in [0.2, 0.25) is 10.0 Å². The topological polar surface area (TPSA) is 65.5 Å². The van der Waals surface area contributed by atoms with E-state index in [0.29, 0.717) is 15.7 Å². The van der Waals surface area contributed by atoms with Crippen LogP contribution in [-0.4, -0.2) is 12.2 Å². The first-order valence-corrected chi connectivity index (χ1v) is 5.43. The maximum Gasteiger partial charge on any atom is 0.214 e. The summed E-state index contributed by atoms with van der Waals surface area (Å²) < 4.78 is 0. The minimum absolute atomic E-state index is 0. The standard InChI is InChI=1S/C10H12Cl2N4.ClH/c1-2-5-15-16(10(13)14)7-3-4-8(11)9(12)6-7;/h3-6H,2H2,1H3,(H3,13,14);1H. The predicted molar refractivity (Wildman–Crippen MR) is 76.9 cm³/mol. The van der Waals surface area contributed by atoms with Gasteiger partial charge in [-0.3, -0.25) is 5.41 Å². The van der Waals surface area contributed by atoms with Crippen LogP contribution in [0.15, 0.2) is 23.3 Å². The largest absolute Gasteiger partial charge is 0.368 e. The Kier molecular flexibility index (Phi) is 6.95. The molecule has 0 aliphatic heterocycles. The van der Waals surface area contributed by atoms with Gasteiger partial charge in [-0.2, -0.15) is 5.10 Å². The van der Waals surface area contributed by atoms with E-state index in [2.05, 4.69) is 5.10 Å². The Morgan fingerprint density at radius 3 is 2.59 bits per heavy atom. The summed E-state index contributed by atoms with van der Waals surface area (Å²) in [7, 11) is 0. The molecule has 0 aliphatic carbocycles. The number of guanidine groups is 1. The number of hydrogen-bond acceptors (Lipinski definition) is 2. The lowest BCUT2D eigenvalue weighted by molar-refractivity contribution is 1.08. The van der Waals surface area contributed by atoms with Gasteiger partial charge in [0.2, 0.25) is 5.96 Å². The number of hydrazone groups is 1. The van der Waals surface area contributed by atoms with Crippen molar-refractivity contribution >= 4 is 53.5 Å². The molecule has 1 rings (SSSR count). The third-order valence-electron chi connectivity index (χ3n) is 1.76. The van der Waals surface area contributed by atoms with Crippen LogP contribution in [-0.2, 0) is 0 Å². The van der Waals surface area contributed by atoms with Gasteiger partial charge in [0, 0.05) is 6.21 Å². The van der Waals surface area contributed by atoms with Crippen LogP contribution in [0.5, 0.6) is 0 Å². The highest BCUT2D eigenvalue weighted by molar-refractivity contribution is 6.42. The first-order valence-electron chi connectivity index (χ1n) is 4.68. The van der Waals surface area contributed by atoms with Gasteiger partial charge >= 0.3 is 0 Å². The molecule has 0 aromatic heterocycles. The van der Waals surface area contributed by atoms with Gasteiger partial charge in [0.25, 0.3) is 0 Å². The van der Waals surface area contributed by atoms with Gasteiger partial charge in [-0.15, -0.1) is 12.4 Å². The van der Waals surface area contributed by atoms with E-state index in [-0.39, 0.29) is 18.4 Å². The van der Waals surface area contributed by atoms with Crippen LogP contribution in [0.1, 0.15) is 13.3 Å². The number of rotatable bonds is 3. The molecule has 0 atom stereocenters. The fourth-order valence-corrected chi connectivity index (χ4v) is 1.34. The van der Waals surface area contributed by atoms with Gasteiger partial charge in [-0.1, -0.05) is 30.1 Å². The number of halogens is 3. The molecule has 4 nitrogen and oxygen atoms in total. The molecule has 0 saturated heterocycles. The quantitative estimate of drug-likeness (QED) is 0.509. The molecule has 1 aromatic rings. The third kappa shape index (κ3) is 4.42. The van der Waals surface area contributed by atoms with Crippen LogP contribution in [0.4, 0.5) is 5.69 Å². The van der Waals surface area contributed by atoms with Gasteiger partial charge in [0.05, 0.1) is 15.7 Å². The smallest absolute Gasteiger partial charge is 0.214 e. The Morgan fingerprint density at radius 1 is 1.47 bits per heavy atom. The molecule has 1 aromatic carbocycles. The Balaban J connectivity index is 0.00000256. The van der Waals surface area contributed by atoms with E-state index in [0.717, 1.165) is 6.42 Å². The monoisotopic (exact) mass is 294 g/mol. The number of nitrogens with two attached hydrogens (primary N) is 1. The summed E-state index contributed by atoms with van der Waals surface area (Å²) in [6.07, 6.45) is 2.41. The van der Waals surface area contributed by atoms with Gasteiger partial charge in [-0.25, -0.2) is 5.01 Å². The Labute approximate surface area is 116 Å². The summed E-state index contributed by atoms with van der Waals surface area (Å²) in [5.41, 5.74) is 6.02. The van der Waals surface area contributed by atoms with Crippen molar-refractivity contribution < 1.29 is 0 Å². The molecule has 0 heterocycles. The lowest BCUT2D eigenvalue weighted by Crippen LogP contribution is -2.32. The zero-order chi connectivity index (χ0) is 12.1. The second-order valence-electron chi connectivity index (χ2n) is 3.00. The zero-order valence-electron chi connectivity index (χ0n) is 9.15. The average Bonchev–Trinajstić information content (AvgIpc) is 2.23. The highest BCUT2D eigenvalue weighted by Crippen LogP contribution is 2.27. The molecule has 0 unspecified atom stereocenters. The van der Waals surface area contributed by atoms with Crippen LogP contribution in [0.25, 0.3) is 0 Å². The molecule has 17 heavy (non-hydrogen) atoms. The summed E-state index contributed by atoms with van der Waals surface area (Å²) in [6.45, 7) is 1.94. The highest BCUT2D eigenvalue weighted by atomic mass is 35.5. The van der Waals surface area contributed by atoms with Gasteiger partial charge in [0.1, 0.15) is 0 Å². The molecule has 0 amide bonds. The number of anilines is 1. The van der Waals surface area contributed by atoms with Crippen LogP contribution in [0, 0.1) is 5.41 Å². The highest BCUT2D eigenvalue weighted by Gasteiger charge is 2.09. The van der Waals surface area contributed by atoms with E-state index in [9.17, 15) is 0 Å². The maximum absolute atomic E-state index is 7.41. The number of benzene rings is 1. The molecule has 94 valence electrons. The molecular formula is C10H13Cl3N4. The molecule has 0 radical (unpaired) electrons. The van der Waals surface area contributed by atoms with Crippen molar-refractivity contribution in [3.8, 4) is 0 Å². The van der Waals surface area contributed by atoms with Crippen LogP contribution < -0.4 is 10.7 Å². The number of nitrogens with zero attached hydrogens (tertiary/aromatic N) is 2. The Morgan fingerprint density at radius 2 is 2.12 bits per heavy atom. The van der Waals surface area contributed by atoms with Crippen molar-refractivity contribution in [1.29, 1.82) is 5.41 Å². The SMILES string of the molecule is CCC=NN(C(=N)N)c1ccc(Cl)c(Cl)c1.Cl. The molecule has 0 spiro atoms. The van der Waals surface area contributed by atoms with Gasteiger partial charge in [0.15, 0.2) is 0 Å². The second-order valence-corrected chi connectivity index (χ2v) is 3.82. The van der Waals surface area contributed by atoms with Crippen LogP contribution in [0.3, 0.4) is 0 Å². The minimum atomic E-state index is -0.178. The van der Waals surface area contributed by atoms with Crippen molar-refractivity contribution in [3.63, 3.8) is 0 Å². The molecule has 7 heteroatoms. The number of nitrogens with one attached hydrogen (secondary N) is 1. The van der Waals surface area contributed by atoms with Crippen molar-refractivity contribution in [3.05, 3.63) is 28.2 Å². The first-order chi connectivity index (χ1) is 7.56. The normalized spacial score (nSPS) is 10.1. The fraction of sp³-hybridized carbons (Fsp3) is 0.200. The predicted octanol–water partition coefficient (Wildman–Crippen LogP) is 3.51. The summed E-state index contributed by atoms with van der Waals surface area (Å²) in [4.78, 5) is 0. The summed E-state index contributed by atoms with van der Waals surface area (Å²) in [5.74, 6) is -0.178. The van der Waals surface area contributed by atoms with Crippen molar-refractivity contribution in [2.75, 3.05) is 5.01 Å². The molecule has 0 bridgehead atoms. The molecular weight excluding hydrogens is 282 g/mol. The lowest BCUT2D eigenvalue weighted by Gasteiger charge is -2.16. The number of hydrogen-bond donors (Lipinski definition) is 2. The molecule has 0 aliphatic rings. The first kappa shape index (κ1) is 16.0. The minimum Gasteiger partial charge on any atom is -0.368 e. The van der Waals surface area contributed by atoms with Crippen molar-refractivity contribution in [1.82, 2.24) is 0 Å². The van der Waals surface area contributed by atoms with E-state index in [1.165, 1.54) is 5.01 Å². The Hall–Kier alpha value is -0.970. The van der Waals surface area contributed by atoms with E-state index < -0.39 is 0 Å². The molecule has 3 N–H and O–H groups in total. The molecule has 0 fully saturated rings. The van der Waals surface area contributed by atoms with E-state index >= 15 is 0 Å². The van der Waals surface area contributed by atoms with Gasteiger partial charge < -0.3 is 5.73 Å². The fourth-order valence-electron chi connectivity index (χ4n) is 1.05. The van der Waals surface area contributed by atoms with Crippen LogP contribution >= 0.6 is 35.6 Å². The third-order valence-corrected chi connectivity index (χ3v) is 2.49. The average molecular weight is 296 g/mol. The van der Waals surface area contributed by atoms with E-state index in [4.69, 9.17) is 34.3 Å². The van der Waals surface area contributed by atoms with Gasteiger partial charge in [-0.05, 0) is 24.6 Å². The second kappa shape index (κ2) is 7.37. The maximum atomic E-state index is 7.41.